The van der Waals surface area contributed by atoms with Gasteiger partial charge in [0.15, 0.2) is 34.7 Å². The molecule has 2 unspecified atom stereocenters. The monoisotopic (exact) mass is 529 g/mol. The molecule has 204 valence electrons. The van der Waals surface area contributed by atoms with Gasteiger partial charge in [-0.1, -0.05) is 13.8 Å². The van der Waals surface area contributed by atoms with Crippen molar-refractivity contribution < 1.29 is 38.6 Å². The highest BCUT2D eigenvalue weighted by Gasteiger charge is 2.69. The molecule has 2 fully saturated rings. The first-order valence-electron chi connectivity index (χ1n) is 12.8. The fourth-order valence-electron chi connectivity index (χ4n) is 7.28. The minimum absolute atomic E-state index is 0.0158. The number of amides is 1. The Morgan fingerprint density at radius 1 is 1.13 bits per heavy atom. The second kappa shape index (κ2) is 8.75. The summed E-state index contributed by atoms with van der Waals surface area (Å²) < 4.78 is 15.9. The predicted octanol–water partition coefficient (Wildman–Crippen LogP) is -0.0223. The van der Waals surface area contributed by atoms with Gasteiger partial charge in [-0.05, 0) is 38.8 Å². The van der Waals surface area contributed by atoms with Gasteiger partial charge in [0, 0.05) is 42.2 Å². The maximum absolute atomic E-state index is 15.9. The maximum Gasteiger partial charge on any atom is 0.235 e. The standard InChI is InChI=1S/C27H32FN3O7/c1-10(2)7-31-8-13-14(9-31)21(32)17-12(19(13)28)5-11-6-15-20(30(3)4)23(34)18(26(29)37)25(36)27(15,38)24(35)16(11)22(17)33/h10-11,15-16,18,20,32,38H,5-9H2,1-4H3,(H2,29,37)/t11-,15-,16?,18?,20-,27-/m0/s1. The molecule has 38 heavy (non-hydrogen) atoms. The Morgan fingerprint density at radius 2 is 1.76 bits per heavy atom. The number of fused-ring (bicyclic) bond motifs is 4. The molecular weight excluding hydrogens is 497 g/mol. The maximum atomic E-state index is 15.9. The van der Waals surface area contributed by atoms with E-state index >= 15 is 4.39 Å². The zero-order valence-electron chi connectivity index (χ0n) is 21.8. The van der Waals surface area contributed by atoms with Gasteiger partial charge < -0.3 is 15.9 Å². The average molecular weight is 530 g/mol. The molecule has 6 atom stereocenters. The Labute approximate surface area is 218 Å². The molecule has 0 radical (unpaired) electrons. The van der Waals surface area contributed by atoms with Crippen LogP contribution in [0.2, 0.25) is 0 Å². The van der Waals surface area contributed by atoms with Gasteiger partial charge in [-0.2, -0.15) is 0 Å². The SMILES string of the molecule is CC(C)CN1Cc2c(O)c3c(c(F)c2C1)C[C@H]1C[C@H]2[C@H](N(C)C)C(=O)C(C(N)=O)C(=O)[C@@]2(O)C(=O)C1C3=O. The minimum Gasteiger partial charge on any atom is -0.507 e. The molecule has 11 heteroatoms. The van der Waals surface area contributed by atoms with Crippen LogP contribution in [0.1, 0.15) is 47.3 Å². The number of halogens is 1. The van der Waals surface area contributed by atoms with Crippen molar-refractivity contribution in [2.75, 3.05) is 20.6 Å². The molecule has 0 spiro atoms. The number of ketones is 4. The van der Waals surface area contributed by atoms with Gasteiger partial charge in [0.1, 0.15) is 11.6 Å². The number of carbonyl (C=O) groups is 5. The first-order valence-corrected chi connectivity index (χ1v) is 12.8. The molecule has 1 amide bonds. The van der Waals surface area contributed by atoms with E-state index in [2.05, 4.69) is 0 Å². The van der Waals surface area contributed by atoms with Crippen LogP contribution in [0.3, 0.4) is 0 Å². The van der Waals surface area contributed by atoms with Crippen molar-refractivity contribution in [2.24, 2.45) is 35.3 Å². The second-order valence-corrected chi connectivity index (χ2v) is 11.8. The number of nitrogens with two attached hydrogens (primary N) is 1. The summed E-state index contributed by atoms with van der Waals surface area (Å²) in [6.45, 7) is 5.22. The quantitative estimate of drug-likeness (QED) is 0.456. The lowest BCUT2D eigenvalue weighted by atomic mass is 9.52. The number of nitrogens with zero attached hydrogens (tertiary/aromatic N) is 2. The van der Waals surface area contributed by atoms with E-state index in [4.69, 9.17) is 5.73 Å². The third kappa shape index (κ3) is 3.44. The summed E-state index contributed by atoms with van der Waals surface area (Å²) in [5.41, 5.74) is 2.87. The molecule has 1 heterocycles. The number of Topliss-reactive ketones (excluding diaryl/α,β-unsaturated/α-hetero) is 4. The van der Waals surface area contributed by atoms with Crippen molar-refractivity contribution in [3.8, 4) is 5.75 Å². The van der Waals surface area contributed by atoms with Gasteiger partial charge in [0.25, 0.3) is 0 Å². The van der Waals surface area contributed by atoms with Crippen LogP contribution in [-0.4, -0.2) is 81.3 Å². The average Bonchev–Trinajstić information content (AvgIpc) is 3.23. The topological polar surface area (TPSA) is 158 Å². The Hall–Kier alpha value is -3.02. The van der Waals surface area contributed by atoms with Crippen LogP contribution >= 0.6 is 0 Å². The summed E-state index contributed by atoms with van der Waals surface area (Å²) in [5, 5.41) is 22.7. The Bertz CT molecular complexity index is 1310. The third-order valence-electron chi connectivity index (χ3n) is 8.76. The number of hydrogen-bond donors (Lipinski definition) is 3. The number of primary amides is 1. The van der Waals surface area contributed by atoms with Crippen LogP contribution in [0.15, 0.2) is 0 Å². The van der Waals surface area contributed by atoms with Crippen LogP contribution in [0.5, 0.6) is 5.75 Å². The molecule has 0 bridgehead atoms. The van der Waals surface area contributed by atoms with E-state index in [9.17, 15) is 34.2 Å². The summed E-state index contributed by atoms with van der Waals surface area (Å²) in [7, 11) is 3.03. The number of carbonyl (C=O) groups excluding carboxylic acids is 5. The van der Waals surface area contributed by atoms with Gasteiger partial charge >= 0.3 is 0 Å². The van der Waals surface area contributed by atoms with E-state index in [1.807, 2.05) is 18.7 Å². The lowest BCUT2D eigenvalue weighted by Crippen LogP contribution is -2.74. The molecule has 4 N–H and O–H groups in total. The number of phenolic OH excluding ortho intramolecular Hbond substituents is 1. The van der Waals surface area contributed by atoms with Crippen LogP contribution in [0, 0.1) is 35.4 Å². The highest BCUT2D eigenvalue weighted by molar-refractivity contribution is 6.32. The lowest BCUT2D eigenvalue weighted by molar-refractivity contribution is -0.181. The summed E-state index contributed by atoms with van der Waals surface area (Å²) in [5.74, 6) is -11.7. The lowest BCUT2D eigenvalue weighted by Gasteiger charge is -2.52. The molecule has 0 aromatic heterocycles. The van der Waals surface area contributed by atoms with Crippen LogP contribution in [-0.2, 0) is 38.7 Å². The molecule has 1 aromatic rings. The molecule has 3 aliphatic carbocycles. The van der Waals surface area contributed by atoms with E-state index in [0.29, 0.717) is 23.6 Å². The number of aromatic hydroxyl groups is 1. The first-order chi connectivity index (χ1) is 17.7. The molecule has 10 nitrogen and oxygen atoms in total. The number of rotatable bonds is 4. The van der Waals surface area contributed by atoms with Crippen molar-refractivity contribution in [1.29, 1.82) is 0 Å². The highest BCUT2D eigenvalue weighted by Crippen LogP contribution is 2.52. The Morgan fingerprint density at radius 3 is 2.34 bits per heavy atom. The van der Waals surface area contributed by atoms with Gasteiger partial charge in [-0.15, -0.1) is 0 Å². The molecule has 1 aliphatic heterocycles. The van der Waals surface area contributed by atoms with E-state index < -0.39 is 70.2 Å². The molecule has 2 saturated carbocycles. The number of aliphatic hydroxyl groups is 1. The van der Waals surface area contributed by atoms with Gasteiger partial charge in [0.2, 0.25) is 5.91 Å². The van der Waals surface area contributed by atoms with E-state index in [0.717, 1.165) is 0 Å². The summed E-state index contributed by atoms with van der Waals surface area (Å²) in [4.78, 5) is 69.5. The number of phenols is 1. The van der Waals surface area contributed by atoms with Crippen molar-refractivity contribution in [3.63, 3.8) is 0 Å². The van der Waals surface area contributed by atoms with Gasteiger partial charge in [-0.25, -0.2) is 4.39 Å². The van der Waals surface area contributed by atoms with Gasteiger partial charge in [0.05, 0.1) is 17.5 Å². The fraction of sp³-hybridized carbons (Fsp3) is 0.593. The van der Waals surface area contributed by atoms with Crippen molar-refractivity contribution >= 4 is 29.0 Å². The van der Waals surface area contributed by atoms with Crippen molar-refractivity contribution in [2.45, 2.75) is 51.4 Å². The predicted molar refractivity (Wildman–Crippen MR) is 130 cm³/mol. The zero-order valence-corrected chi connectivity index (χ0v) is 21.8. The van der Waals surface area contributed by atoms with Crippen LogP contribution < -0.4 is 5.73 Å². The normalized spacial score (nSPS) is 32.9. The largest absolute Gasteiger partial charge is 0.507 e. The fourth-order valence-corrected chi connectivity index (χ4v) is 7.28. The Balaban J connectivity index is 1.61. The number of hydrogen-bond acceptors (Lipinski definition) is 9. The van der Waals surface area contributed by atoms with Crippen molar-refractivity contribution in [1.82, 2.24) is 9.80 Å². The molecule has 0 saturated heterocycles. The summed E-state index contributed by atoms with van der Waals surface area (Å²) in [6.07, 6.45) is -0.191. The zero-order chi connectivity index (χ0) is 28.0. The molecular formula is C27H32FN3O7. The summed E-state index contributed by atoms with van der Waals surface area (Å²) >= 11 is 0. The summed E-state index contributed by atoms with van der Waals surface area (Å²) in [6, 6.07) is -1.19. The number of benzene rings is 1. The van der Waals surface area contributed by atoms with Crippen molar-refractivity contribution in [3.05, 3.63) is 28.1 Å². The van der Waals surface area contributed by atoms with E-state index in [1.54, 1.807) is 0 Å². The van der Waals surface area contributed by atoms with E-state index in [-0.39, 0.29) is 42.8 Å². The smallest absolute Gasteiger partial charge is 0.235 e. The molecule has 5 rings (SSSR count). The van der Waals surface area contributed by atoms with Crippen LogP contribution in [0.4, 0.5) is 4.39 Å². The van der Waals surface area contributed by atoms with Crippen LogP contribution in [0.25, 0.3) is 0 Å². The third-order valence-corrected chi connectivity index (χ3v) is 8.76. The highest BCUT2D eigenvalue weighted by atomic mass is 19.1. The minimum atomic E-state index is -2.80. The molecule has 4 aliphatic rings. The second-order valence-electron chi connectivity index (χ2n) is 11.8. The molecule has 1 aromatic carbocycles. The van der Waals surface area contributed by atoms with Gasteiger partial charge in [-0.3, -0.25) is 33.8 Å². The first kappa shape index (κ1) is 26.6. The van der Waals surface area contributed by atoms with E-state index in [1.165, 1.54) is 19.0 Å². The Kier molecular flexibility index (Phi) is 6.12. The number of likely N-dealkylation sites (N-methyl/N-ethyl adjacent to an activating group) is 1.